The van der Waals surface area contributed by atoms with Crippen molar-refractivity contribution in [3.63, 3.8) is 0 Å². The molecule has 3 aromatic carbocycles. The third-order valence-electron chi connectivity index (χ3n) is 4.32. The van der Waals surface area contributed by atoms with E-state index in [2.05, 4.69) is 90.9 Å². The first-order valence-corrected chi connectivity index (χ1v) is 8.36. The van der Waals surface area contributed by atoms with E-state index in [1.807, 2.05) is 16.9 Å². The van der Waals surface area contributed by atoms with Gasteiger partial charge in [0.1, 0.15) is 5.69 Å². The van der Waals surface area contributed by atoms with E-state index in [0.717, 1.165) is 16.9 Å². The summed E-state index contributed by atoms with van der Waals surface area (Å²) in [7, 11) is 0. The molecule has 0 unspecified atom stereocenters. The molecule has 1 aromatic heterocycles. The lowest BCUT2D eigenvalue weighted by molar-refractivity contribution is 0.803. The van der Waals surface area contributed by atoms with E-state index < -0.39 is 0 Å². The number of aryl methyl sites for hydroxylation is 2. The smallest absolute Gasteiger partial charge is 0.114 e. The van der Waals surface area contributed by atoms with Gasteiger partial charge in [0.25, 0.3) is 0 Å². The Balaban J connectivity index is 1.77. The predicted octanol–water partition coefficient (Wildman–Crippen LogP) is 5.22. The monoisotopic (exact) mass is 325 g/mol. The summed E-state index contributed by atoms with van der Waals surface area (Å²) in [4.78, 5) is 0. The number of rotatable bonds is 3. The van der Waals surface area contributed by atoms with Crippen molar-refractivity contribution in [1.29, 1.82) is 0 Å². The quantitative estimate of drug-likeness (QED) is 0.517. The van der Waals surface area contributed by atoms with E-state index in [1.54, 1.807) is 0 Å². The van der Waals surface area contributed by atoms with Crippen LogP contribution in [0.5, 0.6) is 0 Å². The van der Waals surface area contributed by atoms with Gasteiger partial charge in [-0.05, 0) is 37.1 Å². The normalized spacial score (nSPS) is 10.8. The molecule has 0 spiro atoms. The van der Waals surface area contributed by atoms with E-state index in [4.69, 9.17) is 0 Å². The number of aromatic nitrogens is 3. The van der Waals surface area contributed by atoms with Gasteiger partial charge in [0, 0.05) is 5.56 Å². The van der Waals surface area contributed by atoms with Crippen molar-refractivity contribution in [2.75, 3.05) is 0 Å². The summed E-state index contributed by atoms with van der Waals surface area (Å²) in [5.74, 6) is 0. The summed E-state index contributed by atoms with van der Waals surface area (Å²) in [6.45, 7) is 4.19. The van der Waals surface area contributed by atoms with Gasteiger partial charge in [0.15, 0.2) is 0 Å². The van der Waals surface area contributed by atoms with Crippen LogP contribution >= 0.6 is 0 Å². The second-order valence-corrected chi connectivity index (χ2v) is 6.30. The zero-order valence-electron chi connectivity index (χ0n) is 14.3. The van der Waals surface area contributed by atoms with Crippen molar-refractivity contribution in [3.8, 4) is 28.1 Å². The zero-order valence-corrected chi connectivity index (χ0v) is 14.3. The molecule has 0 fully saturated rings. The molecule has 0 aliphatic heterocycles. The maximum Gasteiger partial charge on any atom is 0.114 e. The van der Waals surface area contributed by atoms with E-state index in [1.165, 1.54) is 22.3 Å². The lowest BCUT2D eigenvalue weighted by Crippen LogP contribution is -1.94. The second kappa shape index (κ2) is 6.36. The minimum absolute atomic E-state index is 0.873. The molecule has 0 saturated heterocycles. The van der Waals surface area contributed by atoms with E-state index in [0.29, 0.717) is 0 Å². The van der Waals surface area contributed by atoms with Crippen LogP contribution in [0.3, 0.4) is 0 Å². The third kappa shape index (κ3) is 3.09. The average Bonchev–Trinajstić information content (AvgIpc) is 3.12. The Morgan fingerprint density at radius 3 is 2.24 bits per heavy atom. The lowest BCUT2D eigenvalue weighted by Gasteiger charge is -2.08. The molecule has 0 N–H and O–H groups in total. The summed E-state index contributed by atoms with van der Waals surface area (Å²) < 4.78 is 1.82. The number of hydrogen-bond acceptors (Lipinski definition) is 2. The highest BCUT2D eigenvalue weighted by molar-refractivity contribution is 5.81. The first kappa shape index (κ1) is 15.3. The molecule has 25 heavy (non-hydrogen) atoms. The molecule has 1 heterocycles. The van der Waals surface area contributed by atoms with Gasteiger partial charge in [0.05, 0.1) is 11.9 Å². The molecule has 0 atom stereocenters. The summed E-state index contributed by atoms with van der Waals surface area (Å²) >= 11 is 0. The van der Waals surface area contributed by atoms with Crippen LogP contribution in [0.1, 0.15) is 11.1 Å². The van der Waals surface area contributed by atoms with Gasteiger partial charge in [-0.15, -0.1) is 5.10 Å². The van der Waals surface area contributed by atoms with Crippen LogP contribution in [-0.2, 0) is 0 Å². The highest BCUT2D eigenvalue weighted by Gasteiger charge is 2.11. The number of benzene rings is 3. The van der Waals surface area contributed by atoms with Gasteiger partial charge in [0.2, 0.25) is 0 Å². The van der Waals surface area contributed by atoms with Crippen molar-refractivity contribution in [2.45, 2.75) is 13.8 Å². The molecule has 0 radical (unpaired) electrons. The zero-order chi connectivity index (χ0) is 17.2. The first-order chi connectivity index (χ1) is 12.2. The van der Waals surface area contributed by atoms with Crippen LogP contribution in [0, 0.1) is 13.8 Å². The van der Waals surface area contributed by atoms with Crippen molar-refractivity contribution in [3.05, 3.63) is 90.1 Å². The Kier molecular flexibility index (Phi) is 3.90. The van der Waals surface area contributed by atoms with Crippen molar-refractivity contribution >= 4 is 0 Å². The molecular weight excluding hydrogens is 306 g/mol. The third-order valence-corrected chi connectivity index (χ3v) is 4.32. The van der Waals surface area contributed by atoms with Crippen LogP contribution in [-0.4, -0.2) is 15.0 Å². The van der Waals surface area contributed by atoms with Gasteiger partial charge in [-0.3, -0.25) is 0 Å². The van der Waals surface area contributed by atoms with Crippen LogP contribution in [0.2, 0.25) is 0 Å². The Morgan fingerprint density at radius 1 is 0.720 bits per heavy atom. The van der Waals surface area contributed by atoms with Crippen molar-refractivity contribution in [2.24, 2.45) is 0 Å². The Hall–Kier alpha value is -3.20. The molecule has 4 aromatic rings. The molecule has 3 nitrogen and oxygen atoms in total. The van der Waals surface area contributed by atoms with Gasteiger partial charge in [-0.25, -0.2) is 4.68 Å². The van der Waals surface area contributed by atoms with Crippen LogP contribution in [0.15, 0.2) is 79.0 Å². The van der Waals surface area contributed by atoms with Crippen molar-refractivity contribution < 1.29 is 0 Å². The van der Waals surface area contributed by atoms with E-state index >= 15 is 0 Å². The molecule has 0 bridgehead atoms. The minimum Gasteiger partial charge on any atom is -0.220 e. The SMILES string of the molecule is Cc1ccc(-n2cc(-c3ccccc3-c3cccc(C)c3)nn2)cc1. The molecule has 122 valence electrons. The molecule has 4 rings (SSSR count). The minimum atomic E-state index is 0.873. The van der Waals surface area contributed by atoms with Gasteiger partial charge in [-0.1, -0.05) is 77.0 Å². The maximum atomic E-state index is 4.41. The van der Waals surface area contributed by atoms with Gasteiger partial charge in [-0.2, -0.15) is 0 Å². The standard InChI is InChI=1S/C22H19N3/c1-16-10-12-19(13-11-16)25-15-22(23-24-25)21-9-4-3-8-20(21)18-7-5-6-17(2)14-18/h3-15H,1-2H3. The van der Waals surface area contributed by atoms with E-state index in [-0.39, 0.29) is 0 Å². The molecule has 3 heteroatoms. The van der Waals surface area contributed by atoms with Crippen LogP contribution in [0.4, 0.5) is 0 Å². The number of nitrogens with zero attached hydrogens (tertiary/aromatic N) is 3. The highest BCUT2D eigenvalue weighted by Crippen LogP contribution is 2.31. The maximum absolute atomic E-state index is 4.41. The largest absolute Gasteiger partial charge is 0.220 e. The van der Waals surface area contributed by atoms with Gasteiger partial charge < -0.3 is 0 Å². The molecule has 0 aliphatic rings. The molecular formula is C22H19N3. The van der Waals surface area contributed by atoms with Crippen molar-refractivity contribution in [1.82, 2.24) is 15.0 Å². The molecule has 0 saturated carbocycles. The highest BCUT2D eigenvalue weighted by atomic mass is 15.4. The Labute approximate surface area is 147 Å². The fourth-order valence-electron chi connectivity index (χ4n) is 2.98. The van der Waals surface area contributed by atoms with Crippen LogP contribution < -0.4 is 0 Å². The topological polar surface area (TPSA) is 30.7 Å². The second-order valence-electron chi connectivity index (χ2n) is 6.30. The fourth-order valence-corrected chi connectivity index (χ4v) is 2.98. The summed E-state index contributed by atoms with van der Waals surface area (Å²) in [6, 6.07) is 25.1. The molecule has 0 aliphatic carbocycles. The average molecular weight is 325 g/mol. The molecule has 0 amide bonds. The lowest BCUT2D eigenvalue weighted by atomic mass is 9.97. The first-order valence-electron chi connectivity index (χ1n) is 8.36. The van der Waals surface area contributed by atoms with Gasteiger partial charge >= 0.3 is 0 Å². The Bertz CT molecular complexity index is 1010. The number of hydrogen-bond donors (Lipinski definition) is 0. The van der Waals surface area contributed by atoms with E-state index in [9.17, 15) is 0 Å². The summed E-state index contributed by atoms with van der Waals surface area (Å²) in [5.41, 5.74) is 7.81. The summed E-state index contributed by atoms with van der Waals surface area (Å²) in [6.07, 6.45) is 1.99. The Morgan fingerprint density at radius 2 is 1.48 bits per heavy atom. The fraction of sp³-hybridized carbons (Fsp3) is 0.0909. The van der Waals surface area contributed by atoms with Crippen LogP contribution in [0.25, 0.3) is 28.1 Å². The predicted molar refractivity (Wildman–Crippen MR) is 102 cm³/mol. The summed E-state index contributed by atoms with van der Waals surface area (Å²) in [5, 5.41) is 8.72.